The summed E-state index contributed by atoms with van der Waals surface area (Å²) in [6, 6.07) is 52.6. The third kappa shape index (κ3) is 3.79. The van der Waals surface area contributed by atoms with Gasteiger partial charge in [0.05, 0.1) is 0 Å². The van der Waals surface area contributed by atoms with E-state index in [-0.39, 0.29) is 19.9 Å². The van der Waals surface area contributed by atoms with E-state index in [0.29, 0.717) is 11.1 Å². The van der Waals surface area contributed by atoms with Gasteiger partial charge in [-0.05, 0) is 0 Å². The van der Waals surface area contributed by atoms with Gasteiger partial charge in [-0.25, -0.2) is 0 Å². The van der Waals surface area contributed by atoms with Gasteiger partial charge in [0, 0.05) is 0 Å². The summed E-state index contributed by atoms with van der Waals surface area (Å²) < 4.78 is 7.54. The van der Waals surface area contributed by atoms with Crippen molar-refractivity contribution in [3.05, 3.63) is 156 Å². The Morgan fingerprint density at radius 2 is 1.15 bits per heavy atom. The molecule has 0 amide bonds. The second kappa shape index (κ2) is 10.3. The minimum atomic E-state index is -0.0752. The fourth-order valence-electron chi connectivity index (χ4n) is 8.98. The van der Waals surface area contributed by atoms with Gasteiger partial charge in [-0.3, -0.25) is 0 Å². The van der Waals surface area contributed by atoms with Gasteiger partial charge in [-0.2, -0.15) is 0 Å². The molecule has 0 N–H and O–H groups in total. The van der Waals surface area contributed by atoms with E-state index in [9.17, 15) is 10.5 Å². The van der Waals surface area contributed by atoms with E-state index in [1.54, 1.807) is 0 Å². The van der Waals surface area contributed by atoms with Crippen molar-refractivity contribution in [1.29, 1.82) is 10.5 Å². The summed E-state index contributed by atoms with van der Waals surface area (Å²) in [6.07, 6.45) is 0. The van der Waals surface area contributed by atoms with Crippen LogP contribution >= 0.6 is 0 Å². The molecule has 0 radical (unpaired) electrons. The number of hydrogen-bond donors (Lipinski definition) is 0. The van der Waals surface area contributed by atoms with Crippen LogP contribution < -0.4 is 0 Å². The number of rotatable bonds is 2. The summed E-state index contributed by atoms with van der Waals surface area (Å²) in [5.74, 6) is 0. The molecular weight excluding hydrogens is 700 g/mol. The predicted molar refractivity (Wildman–Crippen MR) is 214 cm³/mol. The number of benzene rings is 7. The van der Waals surface area contributed by atoms with E-state index in [0.717, 1.165) is 27.5 Å². The summed E-state index contributed by atoms with van der Waals surface area (Å²) in [7, 11) is 0. The Morgan fingerprint density at radius 1 is 0.500 bits per heavy atom. The summed E-state index contributed by atoms with van der Waals surface area (Å²) in [6.45, 7) is 4.71. The second-order valence-electron chi connectivity index (χ2n) is 14.4. The third-order valence-corrected chi connectivity index (χ3v) is 13.7. The van der Waals surface area contributed by atoms with Crippen LogP contribution in [-0.4, -0.2) is 23.6 Å². The zero-order chi connectivity index (χ0) is 34.9. The molecule has 7 aromatic carbocycles. The molecule has 1 aliphatic carbocycles. The molecule has 0 spiro atoms. The first kappa shape index (κ1) is 29.4. The van der Waals surface area contributed by atoms with Crippen LogP contribution in [0.1, 0.15) is 36.1 Å². The van der Waals surface area contributed by atoms with E-state index in [2.05, 4.69) is 132 Å². The molecule has 10 aromatic rings. The molecule has 11 rings (SSSR count). The summed E-state index contributed by atoms with van der Waals surface area (Å²) in [5, 5.41) is 26.4. The molecule has 0 saturated heterocycles. The van der Waals surface area contributed by atoms with Crippen LogP contribution in [0.4, 0.5) is 0 Å². The van der Waals surface area contributed by atoms with E-state index in [4.69, 9.17) is 0 Å². The number of hydrogen-bond acceptors (Lipinski definition) is 2. The van der Waals surface area contributed by atoms with Gasteiger partial charge in [0.2, 0.25) is 0 Å². The van der Waals surface area contributed by atoms with Crippen LogP contribution in [-0.2, 0) is 5.41 Å². The van der Waals surface area contributed by atoms with Crippen molar-refractivity contribution in [2.24, 2.45) is 0 Å². The van der Waals surface area contributed by atoms with Gasteiger partial charge in [-0.1, -0.05) is 0 Å². The van der Waals surface area contributed by atoms with Crippen molar-refractivity contribution < 1.29 is 0 Å². The molecule has 242 valence electrons. The molecule has 3 aromatic heterocycles. The average Bonchev–Trinajstić information content (AvgIpc) is 3.89. The van der Waals surface area contributed by atoms with Crippen molar-refractivity contribution in [3.63, 3.8) is 0 Å². The third-order valence-electron chi connectivity index (χ3n) is 11.4. The van der Waals surface area contributed by atoms with Crippen molar-refractivity contribution in [2.45, 2.75) is 19.3 Å². The molecule has 1 aliphatic rings. The zero-order valence-corrected chi connectivity index (χ0v) is 30.1. The topological polar surface area (TPSA) is 57.4 Å². The molecule has 0 saturated carbocycles. The number of nitrogens with zero attached hydrogens (tertiary/aromatic N) is 4. The van der Waals surface area contributed by atoms with E-state index >= 15 is 0 Å². The maximum atomic E-state index is 9.67. The number of para-hydroxylation sites is 1. The Kier molecular flexibility index (Phi) is 5.85. The number of fused-ring (bicyclic) bond motifs is 13. The summed E-state index contributed by atoms with van der Waals surface area (Å²) in [5.41, 5.74) is 13.4. The monoisotopic (exact) mass is 728 g/mol. The standard InChI is InChI=1S/C47H28N4Se/c1-47(2)38-9-5-3-8-34(38)45-39(47)17-16-33-31-7-4-6-10-40(31)51(46(33)45)30-13-15-32-37-23-29(14-20-43(37)52-44(32)24-30)50-41-18-11-27(25-48)21-35(41)36-22-28(26-49)12-19-42(36)50/h3-24H,1-2H3. The van der Waals surface area contributed by atoms with E-state index in [1.807, 2.05) is 36.4 Å². The molecular formula is C47H28N4Se. The fraction of sp³-hybridized carbons (Fsp3) is 0.0638. The van der Waals surface area contributed by atoms with Crippen molar-refractivity contribution in [3.8, 4) is 34.6 Å². The zero-order valence-electron chi connectivity index (χ0n) is 28.4. The molecule has 0 atom stereocenters. The Hall–Kier alpha value is -6.36. The molecule has 5 heteroatoms. The van der Waals surface area contributed by atoms with Gasteiger partial charge in [0.1, 0.15) is 0 Å². The van der Waals surface area contributed by atoms with Gasteiger partial charge < -0.3 is 0 Å². The van der Waals surface area contributed by atoms with Gasteiger partial charge in [0.15, 0.2) is 0 Å². The van der Waals surface area contributed by atoms with Crippen molar-refractivity contribution in [1.82, 2.24) is 9.13 Å². The molecule has 0 fully saturated rings. The second-order valence-corrected chi connectivity index (χ2v) is 16.7. The molecule has 4 nitrogen and oxygen atoms in total. The summed E-state index contributed by atoms with van der Waals surface area (Å²) >= 11 is 0.152. The van der Waals surface area contributed by atoms with Gasteiger partial charge in [0.25, 0.3) is 0 Å². The van der Waals surface area contributed by atoms with Crippen LogP contribution in [0.2, 0.25) is 0 Å². The predicted octanol–water partition coefficient (Wildman–Crippen LogP) is 11.3. The normalized spacial score (nSPS) is 13.3. The van der Waals surface area contributed by atoms with Crippen LogP contribution in [0, 0.1) is 22.7 Å². The Labute approximate surface area is 305 Å². The van der Waals surface area contributed by atoms with Crippen LogP contribution in [0.3, 0.4) is 0 Å². The number of nitriles is 2. The SMILES string of the molecule is CC1(C)c2ccccc2-c2c1ccc1c3ccccc3n(-c3ccc4c(c3)[se]c3ccc(-n5c6ccc(C#N)cc6c6cc(C#N)ccc65)cc34)c21. The Balaban J connectivity index is 1.14. The Bertz CT molecular complexity index is 3230. The number of aromatic nitrogens is 2. The molecule has 0 bridgehead atoms. The van der Waals surface area contributed by atoms with E-state index < -0.39 is 0 Å². The van der Waals surface area contributed by atoms with Gasteiger partial charge >= 0.3 is 307 Å². The average molecular weight is 728 g/mol. The Morgan fingerprint density at radius 3 is 1.92 bits per heavy atom. The quantitative estimate of drug-likeness (QED) is 0.167. The fourth-order valence-corrected chi connectivity index (χ4v) is 11.3. The molecule has 0 unspecified atom stereocenters. The first-order chi connectivity index (χ1) is 25.4. The van der Waals surface area contributed by atoms with Crippen LogP contribution in [0.25, 0.3) is 85.4 Å². The van der Waals surface area contributed by atoms with Crippen molar-refractivity contribution in [2.75, 3.05) is 0 Å². The summed E-state index contributed by atoms with van der Waals surface area (Å²) in [4.78, 5) is 0. The van der Waals surface area contributed by atoms with Crippen LogP contribution in [0.15, 0.2) is 133 Å². The molecule has 52 heavy (non-hydrogen) atoms. The minimum absolute atomic E-state index is 0.0752. The van der Waals surface area contributed by atoms with Gasteiger partial charge in [-0.15, -0.1) is 0 Å². The maximum absolute atomic E-state index is 9.67. The first-order valence-electron chi connectivity index (χ1n) is 17.5. The van der Waals surface area contributed by atoms with Crippen molar-refractivity contribution >= 4 is 77.4 Å². The molecule has 0 aliphatic heterocycles. The van der Waals surface area contributed by atoms with E-state index in [1.165, 1.54) is 69.0 Å². The van der Waals surface area contributed by atoms with Crippen LogP contribution in [0.5, 0.6) is 0 Å². The molecule has 3 heterocycles. The first-order valence-corrected chi connectivity index (χ1v) is 19.2.